The average molecular weight is 352 g/mol. The number of ether oxygens (including phenoxy) is 1. The SMILES string of the molecule is CCNC(=NCC1CN(C)CCO1)N1CCN(c2cccs2)CC1. The van der Waals surface area contributed by atoms with Gasteiger partial charge in [0.2, 0.25) is 0 Å². The van der Waals surface area contributed by atoms with Gasteiger partial charge in [-0.1, -0.05) is 0 Å². The minimum absolute atomic E-state index is 0.213. The number of thiophene rings is 1. The fraction of sp³-hybridized carbons (Fsp3) is 0.706. The third-order valence-electron chi connectivity index (χ3n) is 4.52. The fourth-order valence-corrected chi connectivity index (χ4v) is 3.97. The first-order chi connectivity index (χ1) is 11.8. The molecule has 1 unspecified atom stereocenters. The summed E-state index contributed by atoms with van der Waals surface area (Å²) in [4.78, 5) is 12.0. The number of nitrogens with one attached hydrogen (secondary N) is 1. The average Bonchev–Trinajstić information content (AvgIpc) is 3.13. The Labute approximate surface area is 149 Å². The zero-order chi connectivity index (χ0) is 16.8. The number of hydrogen-bond donors (Lipinski definition) is 1. The summed E-state index contributed by atoms with van der Waals surface area (Å²) in [7, 11) is 2.15. The normalized spacial score (nSPS) is 23.6. The van der Waals surface area contributed by atoms with E-state index in [0.717, 1.165) is 64.9 Å². The van der Waals surface area contributed by atoms with Gasteiger partial charge in [0.15, 0.2) is 5.96 Å². The fourth-order valence-electron chi connectivity index (χ4n) is 3.18. The van der Waals surface area contributed by atoms with Crippen molar-refractivity contribution in [3.8, 4) is 0 Å². The van der Waals surface area contributed by atoms with Crippen LogP contribution in [0, 0.1) is 0 Å². The lowest BCUT2D eigenvalue weighted by molar-refractivity contribution is -0.0137. The highest BCUT2D eigenvalue weighted by Gasteiger charge is 2.22. The predicted octanol–water partition coefficient (Wildman–Crippen LogP) is 1.17. The molecule has 0 saturated carbocycles. The quantitative estimate of drug-likeness (QED) is 0.652. The first-order valence-corrected chi connectivity index (χ1v) is 9.76. The van der Waals surface area contributed by atoms with Gasteiger partial charge in [-0.2, -0.15) is 0 Å². The topological polar surface area (TPSA) is 43.3 Å². The van der Waals surface area contributed by atoms with E-state index in [9.17, 15) is 0 Å². The Balaban J connectivity index is 1.54. The van der Waals surface area contributed by atoms with Crippen LogP contribution in [0.4, 0.5) is 5.00 Å². The molecule has 0 bridgehead atoms. The molecule has 0 aromatic carbocycles. The van der Waals surface area contributed by atoms with Gasteiger partial charge < -0.3 is 24.8 Å². The smallest absolute Gasteiger partial charge is 0.194 e. The monoisotopic (exact) mass is 351 g/mol. The largest absolute Gasteiger partial charge is 0.374 e. The van der Waals surface area contributed by atoms with Crippen molar-refractivity contribution in [3.63, 3.8) is 0 Å². The maximum Gasteiger partial charge on any atom is 0.194 e. The molecule has 1 atom stereocenters. The molecule has 2 fully saturated rings. The number of aliphatic imine (C=N–C) groups is 1. The Morgan fingerprint density at radius 2 is 2.17 bits per heavy atom. The van der Waals surface area contributed by atoms with Crippen molar-refractivity contribution in [2.24, 2.45) is 4.99 Å². The van der Waals surface area contributed by atoms with E-state index < -0.39 is 0 Å². The van der Waals surface area contributed by atoms with Crippen molar-refractivity contribution in [2.75, 3.05) is 70.9 Å². The minimum Gasteiger partial charge on any atom is -0.374 e. The third-order valence-corrected chi connectivity index (χ3v) is 5.45. The second kappa shape index (κ2) is 8.69. The first-order valence-electron chi connectivity index (χ1n) is 8.88. The van der Waals surface area contributed by atoms with Gasteiger partial charge in [0.25, 0.3) is 0 Å². The zero-order valence-electron chi connectivity index (χ0n) is 14.8. The number of rotatable bonds is 4. The number of nitrogens with zero attached hydrogens (tertiary/aromatic N) is 4. The predicted molar refractivity (Wildman–Crippen MR) is 101 cm³/mol. The molecule has 134 valence electrons. The van der Waals surface area contributed by atoms with Gasteiger partial charge in [0.05, 0.1) is 24.3 Å². The van der Waals surface area contributed by atoms with Gasteiger partial charge >= 0.3 is 0 Å². The standard InChI is InChI=1S/C17H29N5OS/c1-3-18-17(19-13-15-14-20(2)10-11-23-15)22-8-6-21(7-9-22)16-5-4-12-24-16/h4-5,12,15H,3,6-11,13-14H2,1-2H3,(H,18,19). The van der Waals surface area contributed by atoms with Crippen LogP contribution >= 0.6 is 11.3 Å². The molecule has 0 amide bonds. The molecule has 7 heteroatoms. The van der Waals surface area contributed by atoms with E-state index >= 15 is 0 Å². The van der Waals surface area contributed by atoms with Crippen molar-refractivity contribution >= 4 is 22.3 Å². The van der Waals surface area contributed by atoms with Gasteiger partial charge in [0, 0.05) is 45.8 Å². The summed E-state index contributed by atoms with van der Waals surface area (Å²) in [5.41, 5.74) is 0. The van der Waals surface area contributed by atoms with Crippen LogP contribution < -0.4 is 10.2 Å². The summed E-state index contributed by atoms with van der Waals surface area (Å²) in [5, 5.41) is 6.96. The van der Waals surface area contributed by atoms with Crippen molar-refractivity contribution < 1.29 is 4.74 Å². The number of anilines is 1. The van der Waals surface area contributed by atoms with Crippen LogP contribution in [-0.4, -0.2) is 87.9 Å². The molecular weight excluding hydrogens is 322 g/mol. The summed E-state index contributed by atoms with van der Waals surface area (Å²) in [6, 6.07) is 4.33. The molecule has 0 spiro atoms. The van der Waals surface area contributed by atoms with E-state index in [1.54, 1.807) is 0 Å². The van der Waals surface area contributed by atoms with Crippen molar-refractivity contribution in [2.45, 2.75) is 13.0 Å². The maximum absolute atomic E-state index is 5.83. The highest BCUT2D eigenvalue weighted by atomic mass is 32.1. The van der Waals surface area contributed by atoms with E-state index in [4.69, 9.17) is 9.73 Å². The number of piperazine rings is 1. The highest BCUT2D eigenvalue weighted by Crippen LogP contribution is 2.22. The molecule has 2 aliphatic heterocycles. The van der Waals surface area contributed by atoms with Gasteiger partial charge in [-0.25, -0.2) is 0 Å². The molecule has 3 heterocycles. The lowest BCUT2D eigenvalue weighted by Crippen LogP contribution is -2.52. The Morgan fingerprint density at radius 1 is 1.33 bits per heavy atom. The molecule has 3 rings (SSSR count). The van der Waals surface area contributed by atoms with Crippen LogP contribution in [0.15, 0.2) is 22.5 Å². The molecule has 1 aromatic rings. The number of morpholine rings is 1. The van der Waals surface area contributed by atoms with E-state index in [2.05, 4.69) is 51.5 Å². The molecule has 0 aliphatic carbocycles. The zero-order valence-corrected chi connectivity index (χ0v) is 15.6. The maximum atomic E-state index is 5.83. The van der Waals surface area contributed by atoms with Gasteiger partial charge in [-0.05, 0) is 31.5 Å². The molecule has 2 saturated heterocycles. The van der Waals surface area contributed by atoms with Crippen LogP contribution in [0.5, 0.6) is 0 Å². The van der Waals surface area contributed by atoms with Crippen LogP contribution in [-0.2, 0) is 4.74 Å². The van der Waals surface area contributed by atoms with Crippen LogP contribution in [0.25, 0.3) is 0 Å². The Kier molecular flexibility index (Phi) is 6.34. The van der Waals surface area contributed by atoms with Gasteiger partial charge in [-0.15, -0.1) is 11.3 Å². The second-order valence-corrected chi connectivity index (χ2v) is 7.30. The molecule has 6 nitrogen and oxygen atoms in total. The summed E-state index contributed by atoms with van der Waals surface area (Å²) in [6.07, 6.45) is 0.213. The Morgan fingerprint density at radius 3 is 2.83 bits per heavy atom. The molecule has 0 radical (unpaired) electrons. The van der Waals surface area contributed by atoms with Crippen molar-refractivity contribution in [1.29, 1.82) is 0 Å². The van der Waals surface area contributed by atoms with Crippen molar-refractivity contribution in [3.05, 3.63) is 17.5 Å². The number of likely N-dealkylation sites (N-methyl/N-ethyl adjacent to an activating group) is 1. The van der Waals surface area contributed by atoms with E-state index in [1.807, 2.05) is 11.3 Å². The minimum atomic E-state index is 0.213. The third kappa shape index (κ3) is 4.62. The lowest BCUT2D eigenvalue weighted by Gasteiger charge is -2.37. The molecular formula is C17H29N5OS. The van der Waals surface area contributed by atoms with Crippen LogP contribution in [0.2, 0.25) is 0 Å². The molecule has 2 aliphatic rings. The van der Waals surface area contributed by atoms with E-state index in [0.29, 0.717) is 0 Å². The molecule has 1 N–H and O–H groups in total. The van der Waals surface area contributed by atoms with E-state index in [1.165, 1.54) is 5.00 Å². The van der Waals surface area contributed by atoms with Gasteiger partial charge in [-0.3, -0.25) is 4.99 Å². The Bertz CT molecular complexity index is 513. The molecule has 24 heavy (non-hydrogen) atoms. The molecule has 1 aromatic heterocycles. The second-order valence-electron chi connectivity index (χ2n) is 6.38. The number of guanidine groups is 1. The highest BCUT2D eigenvalue weighted by molar-refractivity contribution is 7.14. The van der Waals surface area contributed by atoms with Crippen LogP contribution in [0.1, 0.15) is 6.92 Å². The lowest BCUT2D eigenvalue weighted by atomic mass is 10.3. The van der Waals surface area contributed by atoms with Gasteiger partial charge in [0.1, 0.15) is 0 Å². The van der Waals surface area contributed by atoms with Crippen molar-refractivity contribution in [1.82, 2.24) is 15.1 Å². The Hall–Kier alpha value is -1.31. The summed E-state index contributed by atoms with van der Waals surface area (Å²) < 4.78 is 5.83. The summed E-state index contributed by atoms with van der Waals surface area (Å²) >= 11 is 1.82. The summed E-state index contributed by atoms with van der Waals surface area (Å²) in [6.45, 7) is 10.7. The van der Waals surface area contributed by atoms with Crippen LogP contribution in [0.3, 0.4) is 0 Å². The summed E-state index contributed by atoms with van der Waals surface area (Å²) in [5.74, 6) is 1.03. The number of hydrogen-bond acceptors (Lipinski definition) is 5. The first kappa shape index (κ1) is 17.5. The van der Waals surface area contributed by atoms with E-state index in [-0.39, 0.29) is 6.10 Å².